The lowest BCUT2D eigenvalue weighted by atomic mass is 9.97. The molecule has 0 spiro atoms. The second-order valence-electron chi connectivity index (χ2n) is 10.1. The van der Waals surface area contributed by atoms with Gasteiger partial charge in [0.1, 0.15) is 53.5 Å². The van der Waals surface area contributed by atoms with Crippen molar-refractivity contribution in [2.24, 2.45) is 0 Å². The van der Waals surface area contributed by atoms with Gasteiger partial charge in [-0.3, -0.25) is 0 Å². The van der Waals surface area contributed by atoms with Crippen molar-refractivity contribution in [2.45, 2.75) is 68.3 Å². The highest BCUT2D eigenvalue weighted by Gasteiger charge is 2.51. The van der Waals surface area contributed by atoms with Gasteiger partial charge < -0.3 is 70.0 Å². The van der Waals surface area contributed by atoms with Crippen molar-refractivity contribution >= 4 is 11.0 Å². The molecular weight excluding hydrogens is 564 g/mol. The molecule has 228 valence electrons. The first-order valence-corrected chi connectivity index (χ1v) is 12.9. The average molecular weight is 596 g/mol. The first-order valence-electron chi connectivity index (χ1n) is 12.9. The van der Waals surface area contributed by atoms with Gasteiger partial charge in [-0.2, -0.15) is 0 Å². The monoisotopic (exact) mass is 595 g/mol. The van der Waals surface area contributed by atoms with E-state index in [0.717, 1.165) is 12.1 Å². The first kappa shape index (κ1) is 30.0. The van der Waals surface area contributed by atoms with Crippen LogP contribution in [-0.2, 0) is 14.2 Å². The minimum Gasteiger partial charge on any atom is -0.507 e. The van der Waals surface area contributed by atoms with E-state index in [1.807, 2.05) is 0 Å². The standard InChI is InChI=1S/C27H30O15/c1-9-19(33)21(35)23(37)26(38-9)42-25-22(36)20(34)18(8-28)41-27(25)40-17-7-12-14(31)5-11(29)6-16(12)39-24(17)10-2-3-13(30)15(32)4-10/h2-7,9,18-23,25-28,33-37H,8H2,1H3,(H3-,29,30,31,32)/p+1/t9?,18?,19-,20+,21?,22?,23-,25?,26-,27+/m0/s1. The second kappa shape index (κ2) is 11.6. The lowest BCUT2D eigenvalue weighted by Gasteiger charge is -2.45. The van der Waals surface area contributed by atoms with Gasteiger partial charge in [0.2, 0.25) is 12.0 Å². The van der Waals surface area contributed by atoms with Crippen molar-refractivity contribution in [2.75, 3.05) is 6.61 Å². The molecule has 3 heterocycles. The van der Waals surface area contributed by atoms with Gasteiger partial charge in [0.15, 0.2) is 23.9 Å². The molecular formula is C27H31O15+. The molecule has 3 aromatic rings. The number of hydrogen-bond donors (Lipinski definition) is 10. The highest BCUT2D eigenvalue weighted by Crippen LogP contribution is 2.42. The largest absolute Gasteiger partial charge is 0.507 e. The third-order valence-electron chi connectivity index (χ3n) is 7.22. The predicted octanol–water partition coefficient (Wildman–Crippen LogP) is -0.766. The Kier molecular flexibility index (Phi) is 8.30. The Morgan fingerprint density at radius 3 is 2.19 bits per heavy atom. The molecule has 0 saturated carbocycles. The van der Waals surface area contributed by atoms with Gasteiger partial charge in [0.25, 0.3) is 0 Å². The molecule has 42 heavy (non-hydrogen) atoms. The molecule has 2 saturated heterocycles. The zero-order chi connectivity index (χ0) is 30.5. The van der Waals surface area contributed by atoms with Gasteiger partial charge in [-0.15, -0.1) is 0 Å². The van der Waals surface area contributed by atoms with Crippen molar-refractivity contribution in [1.29, 1.82) is 0 Å². The van der Waals surface area contributed by atoms with E-state index in [1.165, 1.54) is 31.2 Å². The summed E-state index contributed by atoms with van der Waals surface area (Å²) in [7, 11) is 0. The number of rotatable bonds is 6. The van der Waals surface area contributed by atoms with E-state index in [-0.39, 0.29) is 33.8 Å². The molecule has 1 aromatic heterocycles. The van der Waals surface area contributed by atoms with Crippen LogP contribution in [0.5, 0.6) is 28.7 Å². The topological polar surface area (TPSA) is 251 Å². The van der Waals surface area contributed by atoms with Crippen LogP contribution in [0.1, 0.15) is 6.92 Å². The molecule has 0 aliphatic carbocycles. The van der Waals surface area contributed by atoms with Crippen LogP contribution in [0.25, 0.3) is 22.3 Å². The lowest BCUT2D eigenvalue weighted by molar-refractivity contribution is -0.354. The summed E-state index contributed by atoms with van der Waals surface area (Å²) in [6, 6.07) is 7.20. The Morgan fingerprint density at radius 1 is 0.762 bits per heavy atom. The number of phenols is 4. The number of aliphatic hydroxyl groups excluding tert-OH is 6. The smallest absolute Gasteiger partial charge is 0.402 e. The highest BCUT2D eigenvalue weighted by atomic mass is 16.8. The van der Waals surface area contributed by atoms with Crippen molar-refractivity contribution in [1.82, 2.24) is 0 Å². The third-order valence-corrected chi connectivity index (χ3v) is 7.22. The number of aromatic hydroxyl groups is 4. The number of hydrogen-bond acceptors (Lipinski definition) is 14. The molecule has 10 atom stereocenters. The minimum absolute atomic E-state index is 0.0104. The Labute approximate surface area is 237 Å². The Bertz CT molecular complexity index is 1430. The summed E-state index contributed by atoms with van der Waals surface area (Å²) in [5.41, 5.74) is 0.137. The second-order valence-corrected chi connectivity index (χ2v) is 10.1. The fourth-order valence-corrected chi connectivity index (χ4v) is 4.84. The number of fused-ring (bicyclic) bond motifs is 1. The summed E-state index contributed by atoms with van der Waals surface area (Å²) < 4.78 is 28.8. The minimum atomic E-state index is -1.81. The molecule has 0 bridgehead atoms. The number of aliphatic hydroxyl groups is 6. The quantitative estimate of drug-likeness (QED) is 0.124. The Balaban J connectivity index is 1.57. The summed E-state index contributed by atoms with van der Waals surface area (Å²) in [5.74, 6) is -1.98. The van der Waals surface area contributed by atoms with E-state index in [0.29, 0.717) is 0 Å². The molecule has 2 fully saturated rings. The van der Waals surface area contributed by atoms with Gasteiger partial charge in [0.05, 0.1) is 24.3 Å². The lowest BCUT2D eigenvalue weighted by Crippen LogP contribution is -2.64. The van der Waals surface area contributed by atoms with Crippen molar-refractivity contribution in [3.63, 3.8) is 0 Å². The average Bonchev–Trinajstić information content (AvgIpc) is 2.95. The summed E-state index contributed by atoms with van der Waals surface area (Å²) in [5, 5.41) is 102. The van der Waals surface area contributed by atoms with Crippen molar-refractivity contribution in [3.05, 3.63) is 36.4 Å². The van der Waals surface area contributed by atoms with Gasteiger partial charge in [-0.25, -0.2) is 4.42 Å². The van der Waals surface area contributed by atoms with Gasteiger partial charge in [0, 0.05) is 18.2 Å². The van der Waals surface area contributed by atoms with E-state index in [2.05, 4.69) is 0 Å². The molecule has 10 N–H and O–H groups in total. The number of benzene rings is 2. The van der Waals surface area contributed by atoms with Crippen LogP contribution in [-0.4, -0.2) is 119 Å². The molecule has 0 amide bonds. The van der Waals surface area contributed by atoms with Crippen LogP contribution < -0.4 is 4.74 Å². The summed E-state index contributed by atoms with van der Waals surface area (Å²) in [6.07, 6.45) is -15.7. The van der Waals surface area contributed by atoms with E-state index in [1.54, 1.807) is 0 Å². The van der Waals surface area contributed by atoms with E-state index in [9.17, 15) is 51.1 Å². The molecule has 2 aliphatic rings. The normalized spacial score (nSPS) is 33.5. The summed E-state index contributed by atoms with van der Waals surface area (Å²) >= 11 is 0. The zero-order valence-electron chi connectivity index (χ0n) is 22.0. The number of phenolic OH excluding ortho intramolecular Hbond substituents is 4. The SMILES string of the molecule is CC1O[C@@H](OC2C(O)[C@H](O)C(CO)O[C@H]2Oc2cc3c(O)cc(O)cc3[o+]c2-c2ccc(O)c(O)c2)[C@@H](O)C(O)[C@H]1O. The van der Waals surface area contributed by atoms with E-state index < -0.39 is 85.3 Å². The molecule has 0 radical (unpaired) electrons. The van der Waals surface area contributed by atoms with Crippen molar-refractivity contribution in [3.8, 4) is 40.1 Å². The maximum atomic E-state index is 10.9. The fraction of sp³-hybridized carbons (Fsp3) is 0.444. The van der Waals surface area contributed by atoms with Gasteiger partial charge in [-0.1, -0.05) is 0 Å². The molecule has 2 aromatic carbocycles. The Hall–Kier alpha value is -3.51. The summed E-state index contributed by atoms with van der Waals surface area (Å²) in [6.45, 7) is 0.658. The van der Waals surface area contributed by atoms with Crippen LogP contribution in [0, 0.1) is 0 Å². The van der Waals surface area contributed by atoms with Crippen LogP contribution in [0.2, 0.25) is 0 Å². The molecule has 2 aliphatic heterocycles. The predicted molar refractivity (Wildman–Crippen MR) is 138 cm³/mol. The van der Waals surface area contributed by atoms with Gasteiger partial charge >= 0.3 is 11.3 Å². The highest BCUT2D eigenvalue weighted by molar-refractivity contribution is 5.88. The molecule has 5 unspecified atom stereocenters. The third kappa shape index (κ3) is 5.49. The maximum Gasteiger partial charge on any atom is 0.402 e. The van der Waals surface area contributed by atoms with Crippen LogP contribution in [0.4, 0.5) is 0 Å². The van der Waals surface area contributed by atoms with Crippen LogP contribution >= 0.6 is 0 Å². The first-order chi connectivity index (χ1) is 19.9. The maximum absolute atomic E-state index is 10.9. The Morgan fingerprint density at radius 2 is 1.50 bits per heavy atom. The van der Waals surface area contributed by atoms with Gasteiger partial charge in [-0.05, 0) is 19.1 Å². The fourth-order valence-electron chi connectivity index (χ4n) is 4.84. The number of ether oxygens (including phenoxy) is 4. The zero-order valence-corrected chi connectivity index (χ0v) is 22.0. The van der Waals surface area contributed by atoms with E-state index >= 15 is 0 Å². The molecule has 15 nitrogen and oxygen atoms in total. The van der Waals surface area contributed by atoms with Crippen molar-refractivity contribution < 1.29 is 74.4 Å². The summed E-state index contributed by atoms with van der Waals surface area (Å²) in [4.78, 5) is 0. The van der Waals surface area contributed by atoms with E-state index in [4.69, 9.17) is 23.4 Å². The molecule has 15 heteroatoms. The van der Waals surface area contributed by atoms with Crippen LogP contribution in [0.15, 0.2) is 40.8 Å². The van der Waals surface area contributed by atoms with Crippen LogP contribution in [0.3, 0.4) is 0 Å². The molecule has 5 rings (SSSR count).